The minimum Gasteiger partial charge on any atom is -0.478 e. The largest absolute Gasteiger partial charge is 0.478 e. The van der Waals surface area contributed by atoms with Crippen molar-refractivity contribution in [2.24, 2.45) is 0 Å². The number of ether oxygens (including phenoxy) is 1. The Bertz CT molecular complexity index is 992. The molecule has 1 unspecified atom stereocenters. The lowest BCUT2D eigenvalue weighted by Gasteiger charge is -2.11. The summed E-state index contributed by atoms with van der Waals surface area (Å²) in [4.78, 5) is 12.1. The Morgan fingerprint density at radius 3 is 2.58 bits per heavy atom. The van der Waals surface area contributed by atoms with Gasteiger partial charge in [-0.2, -0.15) is 0 Å². The number of aromatic nitrogens is 2. The number of rotatable bonds is 10. The van der Waals surface area contributed by atoms with E-state index >= 15 is 0 Å². The summed E-state index contributed by atoms with van der Waals surface area (Å²) in [6.45, 7) is 6.57. The Balaban J connectivity index is 1.40. The van der Waals surface area contributed by atoms with E-state index in [0.29, 0.717) is 12.5 Å². The Morgan fingerprint density at radius 2 is 1.87 bits per heavy atom. The average Bonchev–Trinajstić information content (AvgIpc) is 3.23. The van der Waals surface area contributed by atoms with E-state index in [1.165, 1.54) is 23.3 Å². The molecule has 0 aliphatic heterocycles. The van der Waals surface area contributed by atoms with Gasteiger partial charge in [0.25, 0.3) is 11.1 Å². The summed E-state index contributed by atoms with van der Waals surface area (Å²) >= 11 is 1.15. The lowest BCUT2D eigenvalue weighted by atomic mass is 10.0. The predicted octanol–water partition coefficient (Wildman–Crippen LogP) is 4.92. The van der Waals surface area contributed by atoms with Gasteiger partial charge >= 0.3 is 0 Å². The van der Waals surface area contributed by atoms with Crippen LogP contribution in [0.5, 0.6) is 5.75 Å². The molecule has 3 rings (SSSR count). The SMILES string of the molecule is CC(C)c1ccc(CCNC(=O)CSc2nnc(C(C)Oc3ccccc3F)o2)cc1. The number of benzene rings is 2. The van der Waals surface area contributed by atoms with Crippen LogP contribution in [0.15, 0.2) is 58.2 Å². The second kappa shape index (κ2) is 10.9. The van der Waals surface area contributed by atoms with Gasteiger partial charge in [-0.3, -0.25) is 4.79 Å². The van der Waals surface area contributed by atoms with E-state index < -0.39 is 11.9 Å². The number of nitrogens with zero attached hydrogens (tertiary/aromatic N) is 2. The highest BCUT2D eigenvalue weighted by Gasteiger charge is 2.18. The summed E-state index contributed by atoms with van der Waals surface area (Å²) in [5, 5.41) is 11.0. The zero-order valence-electron chi connectivity index (χ0n) is 17.8. The van der Waals surface area contributed by atoms with Crippen molar-refractivity contribution in [3.63, 3.8) is 0 Å². The molecule has 1 amide bonds. The molecule has 1 aromatic heterocycles. The number of halogens is 1. The van der Waals surface area contributed by atoms with E-state index in [1.54, 1.807) is 19.1 Å². The Labute approximate surface area is 185 Å². The molecule has 3 aromatic rings. The molecule has 164 valence electrons. The van der Waals surface area contributed by atoms with Crippen molar-refractivity contribution < 1.29 is 18.3 Å². The van der Waals surface area contributed by atoms with Crippen LogP contribution in [0.3, 0.4) is 0 Å². The highest BCUT2D eigenvalue weighted by Crippen LogP contribution is 2.25. The van der Waals surface area contributed by atoms with Crippen LogP contribution in [0.25, 0.3) is 0 Å². The van der Waals surface area contributed by atoms with Crippen LogP contribution in [0.2, 0.25) is 0 Å². The maximum atomic E-state index is 13.7. The fourth-order valence-corrected chi connectivity index (χ4v) is 3.42. The summed E-state index contributed by atoms with van der Waals surface area (Å²) in [6, 6.07) is 14.6. The minimum absolute atomic E-state index is 0.112. The van der Waals surface area contributed by atoms with Crippen molar-refractivity contribution in [2.45, 2.75) is 44.4 Å². The zero-order valence-corrected chi connectivity index (χ0v) is 18.6. The van der Waals surface area contributed by atoms with Crippen LogP contribution in [0.1, 0.15) is 49.8 Å². The third kappa shape index (κ3) is 6.82. The first-order chi connectivity index (χ1) is 14.9. The molecule has 0 saturated carbocycles. The highest BCUT2D eigenvalue weighted by atomic mass is 32.2. The molecule has 0 aliphatic rings. The van der Waals surface area contributed by atoms with Gasteiger partial charge in [0.05, 0.1) is 5.75 Å². The average molecular weight is 444 g/mol. The number of para-hydroxylation sites is 1. The number of carbonyl (C=O) groups is 1. The van der Waals surface area contributed by atoms with Gasteiger partial charge in [0.15, 0.2) is 17.7 Å². The van der Waals surface area contributed by atoms with Crippen LogP contribution in [-0.2, 0) is 11.2 Å². The standard InChI is InChI=1S/C23H26FN3O3S/c1-15(2)18-10-8-17(9-11-18)12-13-25-21(28)14-31-23-27-26-22(30-23)16(3)29-20-7-5-4-6-19(20)24/h4-11,15-16H,12-14H2,1-3H3,(H,25,28). The molecule has 1 atom stereocenters. The lowest BCUT2D eigenvalue weighted by molar-refractivity contribution is -0.118. The summed E-state index contributed by atoms with van der Waals surface area (Å²) in [6.07, 6.45) is 0.152. The molecular weight excluding hydrogens is 417 g/mol. The van der Waals surface area contributed by atoms with E-state index in [0.717, 1.165) is 18.2 Å². The van der Waals surface area contributed by atoms with Gasteiger partial charge in [-0.15, -0.1) is 10.2 Å². The Hall–Kier alpha value is -2.87. The molecule has 0 spiro atoms. The fraction of sp³-hybridized carbons (Fsp3) is 0.348. The van der Waals surface area contributed by atoms with Crippen molar-refractivity contribution in [2.75, 3.05) is 12.3 Å². The molecular formula is C23H26FN3O3S. The maximum absolute atomic E-state index is 13.7. The number of hydrogen-bond donors (Lipinski definition) is 1. The van der Waals surface area contributed by atoms with Crippen LogP contribution in [0, 0.1) is 5.82 Å². The lowest BCUT2D eigenvalue weighted by Crippen LogP contribution is -2.27. The third-order valence-corrected chi connectivity index (χ3v) is 5.44. The van der Waals surface area contributed by atoms with Crippen molar-refractivity contribution in [1.29, 1.82) is 0 Å². The van der Waals surface area contributed by atoms with E-state index in [-0.39, 0.29) is 28.5 Å². The molecule has 0 saturated heterocycles. The third-order valence-electron chi connectivity index (χ3n) is 4.62. The van der Waals surface area contributed by atoms with Crippen LogP contribution in [0.4, 0.5) is 4.39 Å². The molecule has 31 heavy (non-hydrogen) atoms. The second-order valence-electron chi connectivity index (χ2n) is 7.38. The van der Waals surface area contributed by atoms with Crippen LogP contribution in [-0.4, -0.2) is 28.4 Å². The summed E-state index contributed by atoms with van der Waals surface area (Å²) in [5.74, 6) is 0.424. The van der Waals surface area contributed by atoms with Gasteiger partial charge in [0.1, 0.15) is 0 Å². The molecule has 8 heteroatoms. The second-order valence-corrected chi connectivity index (χ2v) is 8.31. The molecule has 0 radical (unpaired) electrons. The molecule has 6 nitrogen and oxygen atoms in total. The normalized spacial score (nSPS) is 12.0. The first-order valence-corrected chi connectivity index (χ1v) is 11.1. The van der Waals surface area contributed by atoms with Crippen molar-refractivity contribution in [3.05, 3.63) is 71.4 Å². The molecule has 0 aliphatic carbocycles. The zero-order chi connectivity index (χ0) is 22.2. The molecule has 2 aromatic carbocycles. The minimum atomic E-state index is -0.616. The smallest absolute Gasteiger partial charge is 0.277 e. The monoisotopic (exact) mass is 443 g/mol. The molecule has 1 N–H and O–H groups in total. The predicted molar refractivity (Wildman–Crippen MR) is 118 cm³/mol. The molecule has 0 bridgehead atoms. The number of hydrogen-bond acceptors (Lipinski definition) is 6. The van der Waals surface area contributed by atoms with Crippen LogP contribution < -0.4 is 10.1 Å². The van der Waals surface area contributed by atoms with Crippen molar-refractivity contribution >= 4 is 17.7 Å². The summed E-state index contributed by atoms with van der Waals surface area (Å²) in [5.41, 5.74) is 2.49. The van der Waals surface area contributed by atoms with Gasteiger partial charge in [0, 0.05) is 6.54 Å². The number of nitrogens with one attached hydrogen (secondary N) is 1. The van der Waals surface area contributed by atoms with Gasteiger partial charge in [-0.05, 0) is 42.5 Å². The topological polar surface area (TPSA) is 77.2 Å². The Kier molecular flexibility index (Phi) is 8.06. The van der Waals surface area contributed by atoms with E-state index in [9.17, 15) is 9.18 Å². The van der Waals surface area contributed by atoms with Crippen LogP contribution >= 0.6 is 11.8 Å². The van der Waals surface area contributed by atoms with Crippen molar-refractivity contribution in [1.82, 2.24) is 15.5 Å². The van der Waals surface area contributed by atoms with Gasteiger partial charge in [0.2, 0.25) is 5.91 Å². The highest BCUT2D eigenvalue weighted by molar-refractivity contribution is 7.99. The molecule has 0 fully saturated rings. The quantitative estimate of drug-likeness (QED) is 0.448. The summed E-state index contributed by atoms with van der Waals surface area (Å²) in [7, 11) is 0. The number of carbonyl (C=O) groups excluding carboxylic acids is 1. The first-order valence-electron chi connectivity index (χ1n) is 10.1. The summed E-state index contributed by atoms with van der Waals surface area (Å²) < 4.78 is 24.8. The Morgan fingerprint density at radius 1 is 1.13 bits per heavy atom. The van der Waals surface area contributed by atoms with E-state index in [4.69, 9.17) is 9.15 Å². The maximum Gasteiger partial charge on any atom is 0.277 e. The number of thioether (sulfide) groups is 1. The first kappa shape index (κ1) is 22.8. The van der Waals surface area contributed by atoms with E-state index in [2.05, 4.69) is 53.6 Å². The van der Waals surface area contributed by atoms with Gasteiger partial charge in [-0.1, -0.05) is 62.0 Å². The van der Waals surface area contributed by atoms with E-state index in [1.807, 2.05) is 0 Å². The van der Waals surface area contributed by atoms with Gasteiger partial charge < -0.3 is 14.5 Å². The van der Waals surface area contributed by atoms with Crippen molar-refractivity contribution in [3.8, 4) is 5.75 Å². The number of amides is 1. The fourth-order valence-electron chi connectivity index (χ4n) is 2.82. The van der Waals surface area contributed by atoms with Gasteiger partial charge in [-0.25, -0.2) is 4.39 Å². The molecule has 1 heterocycles.